The Morgan fingerprint density at radius 1 is 0.967 bits per heavy atom. The quantitative estimate of drug-likeness (QED) is 0.490. The number of fused-ring (bicyclic) bond motifs is 1. The standard InChI is InChI=1S/C22H17N3O4S/c1-15-6-12-18(13-7-15)30(28,29)24-22-20(19-4-2-3-5-21(19)23-22)14-16-8-10-17(11-9-16)25(26)27/h2-14H,1H3,(H,23,24)/b20-14-. The monoisotopic (exact) mass is 419 g/mol. The smallest absolute Gasteiger partial charge is 0.284 e. The third-order valence-electron chi connectivity index (χ3n) is 4.67. The van der Waals surface area contributed by atoms with Crippen LogP contribution in [0.1, 0.15) is 16.7 Å². The molecule has 7 nitrogen and oxygen atoms in total. The molecular formula is C22H17N3O4S. The van der Waals surface area contributed by atoms with E-state index in [9.17, 15) is 18.5 Å². The van der Waals surface area contributed by atoms with Crippen LogP contribution in [0.2, 0.25) is 0 Å². The lowest BCUT2D eigenvalue weighted by Crippen LogP contribution is -2.10. The summed E-state index contributed by atoms with van der Waals surface area (Å²) >= 11 is 0. The number of amidine groups is 1. The van der Waals surface area contributed by atoms with Crippen molar-refractivity contribution in [3.05, 3.63) is 99.6 Å². The van der Waals surface area contributed by atoms with Crippen molar-refractivity contribution in [2.75, 3.05) is 5.32 Å². The molecule has 4 rings (SSSR count). The van der Waals surface area contributed by atoms with E-state index in [1.54, 1.807) is 30.3 Å². The van der Waals surface area contributed by atoms with E-state index >= 15 is 0 Å². The van der Waals surface area contributed by atoms with E-state index in [1.165, 1.54) is 24.3 Å². The fourth-order valence-electron chi connectivity index (χ4n) is 3.11. The summed E-state index contributed by atoms with van der Waals surface area (Å²) in [6.45, 7) is 1.88. The molecule has 1 aliphatic heterocycles. The van der Waals surface area contributed by atoms with Gasteiger partial charge in [0.1, 0.15) is 0 Å². The number of para-hydroxylation sites is 1. The van der Waals surface area contributed by atoms with Crippen molar-refractivity contribution in [3.8, 4) is 0 Å². The van der Waals surface area contributed by atoms with Crippen molar-refractivity contribution < 1.29 is 13.3 Å². The van der Waals surface area contributed by atoms with E-state index < -0.39 is 14.9 Å². The second-order valence-corrected chi connectivity index (χ2v) is 8.41. The van der Waals surface area contributed by atoms with Crippen LogP contribution in [0.4, 0.5) is 11.4 Å². The van der Waals surface area contributed by atoms with Gasteiger partial charge in [-0.05, 0) is 48.9 Å². The Bertz CT molecular complexity index is 1290. The molecule has 0 radical (unpaired) electrons. The minimum atomic E-state index is -3.93. The lowest BCUT2D eigenvalue weighted by molar-refractivity contribution is -0.384. The van der Waals surface area contributed by atoms with Crippen molar-refractivity contribution in [3.63, 3.8) is 0 Å². The van der Waals surface area contributed by atoms with Gasteiger partial charge in [0.05, 0.1) is 9.82 Å². The van der Waals surface area contributed by atoms with Crippen LogP contribution in [0.25, 0.3) is 11.6 Å². The van der Waals surface area contributed by atoms with Crippen molar-refractivity contribution in [1.29, 1.82) is 0 Å². The molecule has 1 N–H and O–H groups in total. The Morgan fingerprint density at radius 3 is 2.30 bits per heavy atom. The number of hydrogen-bond acceptors (Lipinski definition) is 4. The van der Waals surface area contributed by atoms with Crippen molar-refractivity contribution in [2.24, 2.45) is 4.40 Å². The van der Waals surface area contributed by atoms with Gasteiger partial charge >= 0.3 is 0 Å². The van der Waals surface area contributed by atoms with Gasteiger partial charge in [-0.15, -0.1) is 4.40 Å². The number of aryl methyl sites for hydroxylation is 1. The fourth-order valence-corrected chi connectivity index (χ4v) is 4.08. The molecule has 150 valence electrons. The summed E-state index contributed by atoms with van der Waals surface area (Å²) in [7, 11) is -3.93. The number of anilines is 1. The zero-order chi connectivity index (χ0) is 21.3. The first-order chi connectivity index (χ1) is 14.3. The Morgan fingerprint density at radius 2 is 1.63 bits per heavy atom. The van der Waals surface area contributed by atoms with Crippen LogP contribution >= 0.6 is 0 Å². The molecule has 0 bridgehead atoms. The third kappa shape index (κ3) is 3.85. The largest absolute Gasteiger partial charge is 0.339 e. The molecule has 0 fully saturated rings. The number of hydrogen-bond donors (Lipinski definition) is 1. The number of benzene rings is 3. The molecule has 8 heteroatoms. The highest BCUT2D eigenvalue weighted by Gasteiger charge is 2.25. The number of nitro benzene ring substituents is 1. The van der Waals surface area contributed by atoms with Crippen LogP contribution in [0.5, 0.6) is 0 Å². The molecule has 1 aliphatic rings. The van der Waals surface area contributed by atoms with E-state index in [4.69, 9.17) is 0 Å². The van der Waals surface area contributed by atoms with E-state index in [0.717, 1.165) is 16.8 Å². The Hall–Kier alpha value is -3.78. The van der Waals surface area contributed by atoms with E-state index in [1.807, 2.05) is 31.2 Å². The summed E-state index contributed by atoms with van der Waals surface area (Å²) in [6.07, 6.45) is 1.76. The van der Waals surface area contributed by atoms with Gasteiger partial charge in [0.2, 0.25) is 0 Å². The summed E-state index contributed by atoms with van der Waals surface area (Å²) in [5.74, 6) is 0.204. The van der Waals surface area contributed by atoms with Crippen molar-refractivity contribution in [2.45, 2.75) is 11.8 Å². The molecule has 3 aromatic rings. The van der Waals surface area contributed by atoms with Gasteiger partial charge in [-0.3, -0.25) is 10.1 Å². The number of nitrogens with zero attached hydrogens (tertiary/aromatic N) is 2. The van der Waals surface area contributed by atoms with Crippen LogP contribution < -0.4 is 5.32 Å². The maximum atomic E-state index is 12.8. The molecule has 0 aromatic heterocycles. The summed E-state index contributed by atoms with van der Waals surface area (Å²) in [5, 5.41) is 13.9. The molecule has 0 saturated heterocycles. The minimum Gasteiger partial charge on any atom is -0.339 e. The Balaban J connectivity index is 1.80. The fraction of sp³-hybridized carbons (Fsp3) is 0.0455. The second-order valence-electron chi connectivity index (χ2n) is 6.81. The second kappa shape index (κ2) is 7.57. The molecule has 30 heavy (non-hydrogen) atoms. The zero-order valence-corrected chi connectivity index (χ0v) is 16.8. The van der Waals surface area contributed by atoms with E-state index in [2.05, 4.69) is 9.71 Å². The maximum absolute atomic E-state index is 12.8. The molecule has 1 heterocycles. The third-order valence-corrected chi connectivity index (χ3v) is 5.96. The zero-order valence-electron chi connectivity index (χ0n) is 15.9. The predicted molar refractivity (Wildman–Crippen MR) is 117 cm³/mol. The maximum Gasteiger partial charge on any atom is 0.284 e. The van der Waals surface area contributed by atoms with Crippen LogP contribution in [0.3, 0.4) is 0 Å². The summed E-state index contributed by atoms with van der Waals surface area (Å²) in [4.78, 5) is 10.5. The molecule has 0 atom stereocenters. The van der Waals surface area contributed by atoms with Gasteiger partial charge in [0.25, 0.3) is 15.7 Å². The molecular weight excluding hydrogens is 402 g/mol. The normalized spacial score (nSPS) is 15.8. The lowest BCUT2D eigenvalue weighted by atomic mass is 10.0. The highest BCUT2D eigenvalue weighted by atomic mass is 32.2. The van der Waals surface area contributed by atoms with Crippen LogP contribution in [0.15, 0.2) is 82.1 Å². The first-order valence-corrected chi connectivity index (χ1v) is 10.5. The summed E-state index contributed by atoms with van der Waals surface area (Å²) in [6, 6.07) is 19.9. The van der Waals surface area contributed by atoms with Crippen LogP contribution in [0, 0.1) is 17.0 Å². The highest BCUT2D eigenvalue weighted by Crippen LogP contribution is 2.34. The van der Waals surface area contributed by atoms with Gasteiger partial charge in [0, 0.05) is 29.0 Å². The summed E-state index contributed by atoms with van der Waals surface area (Å²) in [5.41, 5.74) is 3.76. The number of sulfonamides is 1. The average Bonchev–Trinajstić information content (AvgIpc) is 3.05. The van der Waals surface area contributed by atoms with Gasteiger partial charge in [-0.1, -0.05) is 35.9 Å². The predicted octanol–water partition coefficient (Wildman–Crippen LogP) is 4.66. The van der Waals surface area contributed by atoms with Gasteiger partial charge < -0.3 is 5.32 Å². The van der Waals surface area contributed by atoms with Gasteiger partial charge in [-0.2, -0.15) is 8.42 Å². The van der Waals surface area contributed by atoms with Crippen LogP contribution in [-0.2, 0) is 10.0 Å². The number of nitrogens with one attached hydrogen (secondary N) is 1. The van der Waals surface area contributed by atoms with Crippen LogP contribution in [-0.4, -0.2) is 19.2 Å². The SMILES string of the molecule is Cc1ccc(S(=O)(=O)/N=C2\Nc3ccccc3\C2=C\c2ccc([N+](=O)[O-])cc2)cc1. The molecule has 0 spiro atoms. The topological polar surface area (TPSA) is 102 Å². The Labute approximate surface area is 173 Å². The molecule has 0 saturated carbocycles. The van der Waals surface area contributed by atoms with E-state index in [0.29, 0.717) is 11.1 Å². The molecule has 0 unspecified atom stereocenters. The minimum absolute atomic E-state index is 0.0158. The van der Waals surface area contributed by atoms with Gasteiger partial charge in [-0.25, -0.2) is 0 Å². The molecule has 3 aromatic carbocycles. The molecule has 0 amide bonds. The lowest BCUT2D eigenvalue weighted by Gasteiger charge is -2.04. The van der Waals surface area contributed by atoms with Crippen molar-refractivity contribution >= 4 is 38.9 Å². The highest BCUT2D eigenvalue weighted by molar-refractivity contribution is 7.90. The summed E-state index contributed by atoms with van der Waals surface area (Å²) < 4.78 is 29.7. The first-order valence-electron chi connectivity index (χ1n) is 9.08. The van der Waals surface area contributed by atoms with Gasteiger partial charge in [0.15, 0.2) is 5.84 Å². The van der Waals surface area contributed by atoms with Crippen molar-refractivity contribution in [1.82, 2.24) is 0 Å². The van der Waals surface area contributed by atoms with E-state index in [-0.39, 0.29) is 16.4 Å². The first kappa shape index (κ1) is 19.5. The Kier molecular flexibility index (Phi) is 4.93. The number of rotatable bonds is 4. The number of non-ortho nitro benzene ring substituents is 1. The number of nitro groups is 1. The molecule has 0 aliphatic carbocycles. The average molecular weight is 419 g/mol.